The fourth-order valence-corrected chi connectivity index (χ4v) is 2.09. The first-order chi connectivity index (χ1) is 10.6. The van der Waals surface area contributed by atoms with Crippen molar-refractivity contribution < 1.29 is 9.18 Å². The van der Waals surface area contributed by atoms with E-state index in [1.54, 1.807) is 18.3 Å². The molecule has 0 radical (unpaired) electrons. The standard InChI is InChI=1S/C16H12FN3O2/c1-10-6-7-14-18-8-11(16(22)20(14)9-10)15(21)19-13-5-3-2-4-12(13)17/h2-9H,1H3,(H,19,21). The van der Waals surface area contributed by atoms with Gasteiger partial charge in [0.25, 0.3) is 11.5 Å². The van der Waals surface area contributed by atoms with Gasteiger partial charge in [0.05, 0.1) is 5.69 Å². The summed E-state index contributed by atoms with van der Waals surface area (Å²) >= 11 is 0. The third-order valence-corrected chi connectivity index (χ3v) is 3.22. The molecule has 1 aromatic carbocycles. The van der Waals surface area contributed by atoms with Gasteiger partial charge in [0, 0.05) is 12.4 Å². The number of carbonyl (C=O) groups excluding carboxylic acids is 1. The number of rotatable bonds is 2. The molecule has 0 spiro atoms. The van der Waals surface area contributed by atoms with E-state index in [1.807, 2.05) is 13.0 Å². The largest absolute Gasteiger partial charge is 0.319 e. The molecular weight excluding hydrogens is 285 g/mol. The van der Waals surface area contributed by atoms with Gasteiger partial charge < -0.3 is 5.32 Å². The summed E-state index contributed by atoms with van der Waals surface area (Å²) < 4.78 is 14.9. The van der Waals surface area contributed by atoms with E-state index in [-0.39, 0.29) is 11.3 Å². The lowest BCUT2D eigenvalue weighted by Crippen LogP contribution is -2.27. The lowest BCUT2D eigenvalue weighted by atomic mass is 10.2. The number of hydrogen-bond acceptors (Lipinski definition) is 3. The van der Waals surface area contributed by atoms with Gasteiger partial charge in [0.15, 0.2) is 0 Å². The average Bonchev–Trinajstić information content (AvgIpc) is 2.50. The summed E-state index contributed by atoms with van der Waals surface area (Å²) in [5.74, 6) is -1.26. The van der Waals surface area contributed by atoms with Crippen LogP contribution in [0.15, 0.2) is 53.6 Å². The summed E-state index contributed by atoms with van der Waals surface area (Å²) in [6, 6.07) is 9.26. The Bertz CT molecular complexity index is 934. The van der Waals surface area contributed by atoms with Gasteiger partial charge >= 0.3 is 0 Å². The Hall–Kier alpha value is -3.02. The van der Waals surface area contributed by atoms with Gasteiger partial charge in [0.2, 0.25) is 0 Å². The second-order valence-corrected chi connectivity index (χ2v) is 4.85. The molecule has 6 heteroatoms. The SMILES string of the molecule is Cc1ccc2ncc(C(=O)Nc3ccccc3F)c(=O)n2c1. The summed E-state index contributed by atoms with van der Waals surface area (Å²) in [5, 5.41) is 2.38. The number of aromatic nitrogens is 2. The van der Waals surface area contributed by atoms with Crippen molar-refractivity contribution in [1.82, 2.24) is 9.38 Å². The maximum Gasteiger partial charge on any atom is 0.270 e. The minimum atomic E-state index is -0.696. The minimum absolute atomic E-state index is 0.0150. The van der Waals surface area contributed by atoms with Crippen LogP contribution >= 0.6 is 0 Å². The molecule has 0 saturated heterocycles. The van der Waals surface area contributed by atoms with E-state index in [4.69, 9.17) is 0 Å². The Balaban J connectivity index is 2.03. The molecule has 0 bridgehead atoms. The number of aryl methyl sites for hydroxylation is 1. The molecule has 0 unspecified atom stereocenters. The first-order valence-corrected chi connectivity index (χ1v) is 6.60. The zero-order valence-corrected chi connectivity index (χ0v) is 11.7. The van der Waals surface area contributed by atoms with Crippen LogP contribution in [0.5, 0.6) is 0 Å². The van der Waals surface area contributed by atoms with Crippen molar-refractivity contribution in [3.8, 4) is 0 Å². The molecule has 1 N–H and O–H groups in total. The molecule has 2 heterocycles. The van der Waals surface area contributed by atoms with Gasteiger partial charge in [-0.1, -0.05) is 18.2 Å². The molecule has 3 aromatic rings. The maximum absolute atomic E-state index is 13.6. The van der Waals surface area contributed by atoms with E-state index >= 15 is 0 Å². The Kier molecular flexibility index (Phi) is 3.42. The highest BCUT2D eigenvalue weighted by Crippen LogP contribution is 2.13. The van der Waals surface area contributed by atoms with Crippen LogP contribution in [0.1, 0.15) is 15.9 Å². The van der Waals surface area contributed by atoms with Gasteiger partial charge in [-0.05, 0) is 30.7 Å². The van der Waals surface area contributed by atoms with Crippen molar-refractivity contribution in [2.45, 2.75) is 6.92 Å². The monoisotopic (exact) mass is 297 g/mol. The van der Waals surface area contributed by atoms with Gasteiger partial charge in [-0.3, -0.25) is 14.0 Å². The van der Waals surface area contributed by atoms with Crippen LogP contribution in [-0.4, -0.2) is 15.3 Å². The van der Waals surface area contributed by atoms with Crippen molar-refractivity contribution >= 4 is 17.2 Å². The number of amides is 1. The third-order valence-electron chi connectivity index (χ3n) is 3.22. The lowest BCUT2D eigenvalue weighted by molar-refractivity contribution is 0.102. The fraction of sp³-hybridized carbons (Fsp3) is 0.0625. The summed E-state index contributed by atoms with van der Waals surface area (Å²) in [4.78, 5) is 28.6. The number of anilines is 1. The van der Waals surface area contributed by atoms with Crippen LogP contribution in [0.3, 0.4) is 0 Å². The fourth-order valence-electron chi connectivity index (χ4n) is 2.09. The molecule has 2 aromatic heterocycles. The third kappa shape index (κ3) is 2.46. The number of nitrogens with zero attached hydrogens (tertiary/aromatic N) is 2. The number of fused-ring (bicyclic) bond motifs is 1. The van der Waals surface area contributed by atoms with Crippen LogP contribution in [0.4, 0.5) is 10.1 Å². The molecule has 22 heavy (non-hydrogen) atoms. The zero-order chi connectivity index (χ0) is 15.7. The number of nitrogens with one attached hydrogen (secondary N) is 1. The van der Waals surface area contributed by atoms with E-state index in [0.717, 1.165) is 5.56 Å². The molecule has 0 aliphatic carbocycles. The highest BCUT2D eigenvalue weighted by molar-refractivity contribution is 6.03. The second-order valence-electron chi connectivity index (χ2n) is 4.85. The minimum Gasteiger partial charge on any atom is -0.319 e. The van der Waals surface area contributed by atoms with Crippen molar-refractivity contribution in [1.29, 1.82) is 0 Å². The quantitative estimate of drug-likeness (QED) is 0.790. The first-order valence-electron chi connectivity index (χ1n) is 6.60. The zero-order valence-electron chi connectivity index (χ0n) is 11.7. The van der Waals surface area contributed by atoms with Crippen LogP contribution in [0.2, 0.25) is 0 Å². The van der Waals surface area contributed by atoms with Crippen molar-refractivity contribution in [3.05, 3.63) is 76.1 Å². The Morgan fingerprint density at radius 3 is 2.77 bits per heavy atom. The number of hydrogen-bond donors (Lipinski definition) is 1. The van der Waals surface area contributed by atoms with Crippen molar-refractivity contribution in [3.63, 3.8) is 0 Å². The molecule has 0 atom stereocenters. The van der Waals surface area contributed by atoms with Gasteiger partial charge in [-0.2, -0.15) is 0 Å². The van der Waals surface area contributed by atoms with Crippen LogP contribution in [0.25, 0.3) is 5.65 Å². The summed E-state index contributed by atoms with van der Waals surface area (Å²) in [7, 11) is 0. The maximum atomic E-state index is 13.6. The Morgan fingerprint density at radius 2 is 2.00 bits per heavy atom. The molecule has 0 aliphatic heterocycles. The van der Waals surface area contributed by atoms with Crippen molar-refractivity contribution in [2.75, 3.05) is 5.32 Å². The van der Waals surface area contributed by atoms with E-state index in [0.29, 0.717) is 5.65 Å². The molecule has 0 aliphatic rings. The predicted molar refractivity (Wildman–Crippen MR) is 80.6 cm³/mol. The second kappa shape index (κ2) is 5.40. The predicted octanol–water partition coefficient (Wildman–Crippen LogP) is 2.39. The van der Waals surface area contributed by atoms with Crippen LogP contribution < -0.4 is 10.9 Å². The Morgan fingerprint density at radius 1 is 1.23 bits per heavy atom. The molecule has 110 valence electrons. The number of pyridine rings is 1. The van der Waals surface area contributed by atoms with E-state index < -0.39 is 17.3 Å². The number of benzene rings is 1. The van der Waals surface area contributed by atoms with E-state index in [9.17, 15) is 14.0 Å². The first kappa shape index (κ1) is 13.9. The van der Waals surface area contributed by atoms with Crippen LogP contribution in [-0.2, 0) is 0 Å². The average molecular weight is 297 g/mol. The topological polar surface area (TPSA) is 63.5 Å². The normalized spacial score (nSPS) is 10.6. The lowest BCUT2D eigenvalue weighted by Gasteiger charge is -2.07. The molecule has 0 fully saturated rings. The highest BCUT2D eigenvalue weighted by Gasteiger charge is 2.15. The van der Waals surface area contributed by atoms with E-state index in [1.165, 1.54) is 28.8 Å². The van der Waals surface area contributed by atoms with Crippen molar-refractivity contribution in [2.24, 2.45) is 0 Å². The Labute approximate surface area is 125 Å². The number of carbonyl (C=O) groups is 1. The summed E-state index contributed by atoms with van der Waals surface area (Å²) in [6.07, 6.45) is 2.80. The molecule has 5 nitrogen and oxygen atoms in total. The number of para-hydroxylation sites is 1. The van der Waals surface area contributed by atoms with Crippen LogP contribution in [0, 0.1) is 12.7 Å². The van der Waals surface area contributed by atoms with Gasteiger partial charge in [0.1, 0.15) is 17.0 Å². The highest BCUT2D eigenvalue weighted by atomic mass is 19.1. The molecule has 0 saturated carbocycles. The molecule has 1 amide bonds. The molecular formula is C16H12FN3O2. The van der Waals surface area contributed by atoms with E-state index in [2.05, 4.69) is 10.3 Å². The number of halogens is 1. The molecule has 3 rings (SSSR count). The smallest absolute Gasteiger partial charge is 0.270 e. The summed E-state index contributed by atoms with van der Waals surface area (Å²) in [6.45, 7) is 1.83. The van der Waals surface area contributed by atoms with Gasteiger partial charge in [-0.25, -0.2) is 9.37 Å². The van der Waals surface area contributed by atoms with Gasteiger partial charge in [-0.15, -0.1) is 0 Å². The summed E-state index contributed by atoms with van der Waals surface area (Å²) in [5.41, 5.74) is 0.677.